The molecule has 2 heterocycles. The van der Waals surface area contributed by atoms with Gasteiger partial charge in [-0.05, 0) is 19.8 Å². The molecule has 2 N–H and O–H groups in total. The number of hydrogen-bond acceptors (Lipinski definition) is 6. The molecule has 0 aromatic carbocycles. The van der Waals surface area contributed by atoms with Crippen LogP contribution in [0.25, 0.3) is 0 Å². The summed E-state index contributed by atoms with van der Waals surface area (Å²) in [6.45, 7) is 2.26. The first-order valence-electron chi connectivity index (χ1n) is 7.06. The lowest BCUT2D eigenvalue weighted by molar-refractivity contribution is -0.385. The number of carboxylic acid groups (broad SMARTS) is 1. The Kier molecular flexibility index (Phi) is 4.89. The summed E-state index contributed by atoms with van der Waals surface area (Å²) in [6, 6.07) is 1.14. The summed E-state index contributed by atoms with van der Waals surface area (Å²) in [5, 5.41) is 22.6. The van der Waals surface area contributed by atoms with Crippen LogP contribution >= 0.6 is 0 Å². The Bertz CT molecular complexity index is 639. The molecule has 2 rings (SSSR count). The number of carbonyl (C=O) groups excluding carboxylic acids is 1. The molecule has 1 saturated heterocycles. The van der Waals surface area contributed by atoms with Crippen LogP contribution in [-0.4, -0.2) is 45.6 Å². The van der Waals surface area contributed by atoms with Crippen molar-refractivity contribution in [2.75, 3.05) is 13.2 Å². The zero-order valence-corrected chi connectivity index (χ0v) is 12.6. The maximum atomic E-state index is 12.5. The Labute approximate surface area is 131 Å². The molecule has 1 fully saturated rings. The number of nitrogens with one attached hydrogen (secondary N) is 1. The maximum Gasteiger partial charge on any atom is 0.305 e. The van der Waals surface area contributed by atoms with Crippen LogP contribution in [0, 0.1) is 17.0 Å². The van der Waals surface area contributed by atoms with E-state index in [9.17, 15) is 19.7 Å². The number of aromatic nitrogens is 1. The standard InChI is InChI=1S/C14H17N3O6/c1-9-11(6-10(8-15-9)17(21)22)13(20)16-14(7-12(18)19)2-4-23-5-3-14/h6,8H,2-5,7H2,1H3,(H,16,20)(H,18,19). The second-order valence-corrected chi connectivity index (χ2v) is 5.50. The Hall–Kier alpha value is -2.55. The highest BCUT2D eigenvalue weighted by atomic mass is 16.6. The van der Waals surface area contributed by atoms with Crippen molar-refractivity contribution in [2.45, 2.75) is 31.7 Å². The van der Waals surface area contributed by atoms with Gasteiger partial charge in [-0.1, -0.05) is 0 Å². The maximum absolute atomic E-state index is 12.5. The number of pyridine rings is 1. The quantitative estimate of drug-likeness (QED) is 0.611. The fraction of sp³-hybridized carbons (Fsp3) is 0.500. The number of ether oxygens (including phenoxy) is 1. The molecule has 0 atom stereocenters. The molecule has 23 heavy (non-hydrogen) atoms. The highest BCUT2D eigenvalue weighted by molar-refractivity contribution is 5.96. The van der Waals surface area contributed by atoms with Crippen molar-refractivity contribution in [3.8, 4) is 0 Å². The Balaban J connectivity index is 2.26. The van der Waals surface area contributed by atoms with E-state index in [1.807, 2.05) is 0 Å². The van der Waals surface area contributed by atoms with Gasteiger partial charge in [-0.25, -0.2) is 0 Å². The highest BCUT2D eigenvalue weighted by Gasteiger charge is 2.37. The zero-order valence-electron chi connectivity index (χ0n) is 12.6. The number of carbonyl (C=O) groups is 2. The predicted molar refractivity (Wildman–Crippen MR) is 78.1 cm³/mol. The van der Waals surface area contributed by atoms with Gasteiger partial charge in [0.1, 0.15) is 6.20 Å². The Morgan fingerprint density at radius 2 is 2.13 bits per heavy atom. The number of nitro groups is 1. The summed E-state index contributed by atoms with van der Waals surface area (Å²) in [4.78, 5) is 37.6. The fourth-order valence-corrected chi connectivity index (χ4v) is 2.56. The third-order valence-corrected chi connectivity index (χ3v) is 3.85. The minimum absolute atomic E-state index is 0.0652. The summed E-state index contributed by atoms with van der Waals surface area (Å²) in [7, 11) is 0. The first-order chi connectivity index (χ1) is 10.8. The average Bonchev–Trinajstić information content (AvgIpc) is 2.47. The smallest absolute Gasteiger partial charge is 0.305 e. The molecular weight excluding hydrogens is 306 g/mol. The van der Waals surface area contributed by atoms with Gasteiger partial charge in [-0.3, -0.25) is 24.7 Å². The van der Waals surface area contributed by atoms with Crippen LogP contribution in [0.3, 0.4) is 0 Å². The number of rotatable bonds is 5. The van der Waals surface area contributed by atoms with E-state index in [0.29, 0.717) is 31.7 Å². The van der Waals surface area contributed by atoms with Crippen molar-refractivity contribution < 1.29 is 24.4 Å². The monoisotopic (exact) mass is 323 g/mol. The van der Waals surface area contributed by atoms with Crippen LogP contribution in [-0.2, 0) is 9.53 Å². The second-order valence-electron chi connectivity index (χ2n) is 5.50. The van der Waals surface area contributed by atoms with E-state index in [1.54, 1.807) is 6.92 Å². The molecule has 1 amide bonds. The predicted octanol–water partition coefficient (Wildman–Crippen LogP) is 1.05. The Morgan fingerprint density at radius 3 is 2.70 bits per heavy atom. The van der Waals surface area contributed by atoms with Gasteiger partial charge in [0.05, 0.1) is 28.1 Å². The van der Waals surface area contributed by atoms with Gasteiger partial charge in [0.15, 0.2) is 0 Å². The summed E-state index contributed by atoms with van der Waals surface area (Å²) in [5.41, 5.74) is -0.806. The third kappa shape index (κ3) is 4.01. The number of nitrogens with zero attached hydrogens (tertiary/aromatic N) is 2. The lowest BCUT2D eigenvalue weighted by Gasteiger charge is -2.36. The molecule has 1 aromatic rings. The van der Waals surface area contributed by atoms with Gasteiger partial charge < -0.3 is 15.2 Å². The first kappa shape index (κ1) is 16.8. The van der Waals surface area contributed by atoms with Crippen LogP contribution in [0.1, 0.15) is 35.3 Å². The number of hydrogen-bond donors (Lipinski definition) is 2. The molecule has 9 heteroatoms. The first-order valence-corrected chi connectivity index (χ1v) is 7.06. The van der Waals surface area contributed by atoms with Gasteiger partial charge in [0.2, 0.25) is 0 Å². The summed E-state index contributed by atoms with van der Waals surface area (Å²) >= 11 is 0. The minimum atomic E-state index is -1.03. The van der Waals surface area contributed by atoms with E-state index in [0.717, 1.165) is 12.3 Å². The van der Waals surface area contributed by atoms with Crippen LogP contribution in [0.4, 0.5) is 5.69 Å². The molecule has 0 saturated carbocycles. The van der Waals surface area contributed by atoms with Crippen LogP contribution < -0.4 is 5.32 Å². The van der Waals surface area contributed by atoms with E-state index < -0.39 is 22.3 Å². The molecule has 9 nitrogen and oxygen atoms in total. The average molecular weight is 323 g/mol. The van der Waals surface area contributed by atoms with Crippen molar-refractivity contribution >= 4 is 17.6 Å². The number of amides is 1. The Morgan fingerprint density at radius 1 is 1.48 bits per heavy atom. The second kappa shape index (κ2) is 6.69. The van der Waals surface area contributed by atoms with Crippen LogP contribution in [0.5, 0.6) is 0 Å². The summed E-state index contributed by atoms with van der Waals surface area (Å²) in [5.74, 6) is -1.59. The molecule has 0 spiro atoms. The van der Waals surface area contributed by atoms with Crippen molar-refractivity contribution in [1.29, 1.82) is 0 Å². The van der Waals surface area contributed by atoms with Gasteiger partial charge in [0.25, 0.3) is 11.6 Å². The zero-order chi connectivity index (χ0) is 17.0. The van der Waals surface area contributed by atoms with E-state index in [2.05, 4.69) is 10.3 Å². The summed E-state index contributed by atoms with van der Waals surface area (Å²) < 4.78 is 5.22. The molecule has 1 aromatic heterocycles. The van der Waals surface area contributed by atoms with Crippen molar-refractivity contribution in [2.24, 2.45) is 0 Å². The topological polar surface area (TPSA) is 132 Å². The van der Waals surface area contributed by atoms with Gasteiger partial charge in [-0.15, -0.1) is 0 Å². The number of carboxylic acids is 1. The van der Waals surface area contributed by atoms with Crippen LogP contribution in [0.15, 0.2) is 12.3 Å². The largest absolute Gasteiger partial charge is 0.481 e. The molecule has 1 aliphatic heterocycles. The minimum Gasteiger partial charge on any atom is -0.481 e. The molecule has 1 aliphatic rings. The third-order valence-electron chi connectivity index (χ3n) is 3.85. The van der Waals surface area contributed by atoms with Gasteiger partial charge >= 0.3 is 5.97 Å². The molecule has 0 unspecified atom stereocenters. The van der Waals surface area contributed by atoms with Crippen LogP contribution in [0.2, 0.25) is 0 Å². The van der Waals surface area contributed by atoms with Gasteiger partial charge in [0, 0.05) is 19.3 Å². The number of aryl methyl sites for hydroxylation is 1. The van der Waals surface area contributed by atoms with Crippen molar-refractivity contribution in [1.82, 2.24) is 10.3 Å². The SMILES string of the molecule is Cc1ncc([N+](=O)[O-])cc1C(=O)NC1(CC(=O)O)CCOCC1. The van der Waals surface area contributed by atoms with Crippen molar-refractivity contribution in [3.63, 3.8) is 0 Å². The number of aliphatic carboxylic acids is 1. The molecular formula is C14H17N3O6. The van der Waals surface area contributed by atoms with E-state index in [4.69, 9.17) is 9.84 Å². The van der Waals surface area contributed by atoms with E-state index >= 15 is 0 Å². The lowest BCUT2D eigenvalue weighted by atomic mass is 9.86. The molecule has 124 valence electrons. The molecule has 0 radical (unpaired) electrons. The van der Waals surface area contributed by atoms with E-state index in [-0.39, 0.29) is 17.7 Å². The normalized spacial score (nSPS) is 16.6. The highest BCUT2D eigenvalue weighted by Crippen LogP contribution is 2.26. The lowest BCUT2D eigenvalue weighted by Crippen LogP contribution is -2.53. The fourth-order valence-electron chi connectivity index (χ4n) is 2.56. The molecule has 0 bridgehead atoms. The van der Waals surface area contributed by atoms with E-state index in [1.165, 1.54) is 0 Å². The molecule has 0 aliphatic carbocycles. The van der Waals surface area contributed by atoms with Crippen molar-refractivity contribution in [3.05, 3.63) is 33.6 Å². The summed E-state index contributed by atoms with van der Waals surface area (Å²) in [6.07, 6.45) is 1.58. The van der Waals surface area contributed by atoms with Gasteiger partial charge in [-0.2, -0.15) is 0 Å².